The van der Waals surface area contributed by atoms with Crippen molar-refractivity contribution in [2.45, 2.75) is 41.5 Å². The molecule has 0 heterocycles. The Balaban J connectivity index is 0. The van der Waals surface area contributed by atoms with Crippen LogP contribution in [0.1, 0.15) is 41.5 Å². The minimum Gasteiger partial charge on any atom is -0.426 e. The van der Waals surface area contributed by atoms with Gasteiger partial charge < -0.3 is 4.74 Å². The van der Waals surface area contributed by atoms with Gasteiger partial charge in [0.1, 0.15) is 5.75 Å². The first kappa shape index (κ1) is 17.1. The van der Waals surface area contributed by atoms with E-state index in [1.165, 1.54) is 0 Å². The molecular formula is C14H24O2. The van der Waals surface area contributed by atoms with Crippen LogP contribution in [0.4, 0.5) is 0 Å². The SMILES string of the molecule is CC.CC.CC(C)C(=O)Oc1ccccc1. The number of carbonyl (C=O) groups is 1. The third kappa shape index (κ3) is 8.04. The van der Waals surface area contributed by atoms with Crippen LogP contribution in [0, 0.1) is 5.92 Å². The molecule has 0 aliphatic carbocycles. The van der Waals surface area contributed by atoms with Gasteiger partial charge >= 0.3 is 5.97 Å². The Kier molecular flexibility index (Phi) is 12.6. The van der Waals surface area contributed by atoms with E-state index in [2.05, 4.69) is 0 Å². The second-order valence-electron chi connectivity index (χ2n) is 2.89. The van der Waals surface area contributed by atoms with E-state index < -0.39 is 0 Å². The summed E-state index contributed by atoms with van der Waals surface area (Å²) in [5.74, 6) is 0.336. The first-order chi connectivity index (χ1) is 7.70. The highest BCUT2D eigenvalue weighted by Gasteiger charge is 2.08. The summed E-state index contributed by atoms with van der Waals surface area (Å²) < 4.78 is 5.04. The first-order valence-corrected chi connectivity index (χ1v) is 5.97. The molecule has 0 aliphatic heterocycles. The number of para-hydroxylation sites is 1. The third-order valence-corrected chi connectivity index (χ3v) is 1.43. The molecule has 0 atom stereocenters. The van der Waals surface area contributed by atoms with Gasteiger partial charge in [-0.05, 0) is 12.1 Å². The van der Waals surface area contributed by atoms with Crippen molar-refractivity contribution in [3.8, 4) is 5.75 Å². The van der Waals surface area contributed by atoms with E-state index in [0.29, 0.717) is 5.75 Å². The van der Waals surface area contributed by atoms with Gasteiger partial charge in [-0.1, -0.05) is 59.7 Å². The van der Waals surface area contributed by atoms with Crippen molar-refractivity contribution in [2.24, 2.45) is 5.92 Å². The molecule has 2 nitrogen and oxygen atoms in total. The Labute approximate surface area is 99.6 Å². The smallest absolute Gasteiger partial charge is 0.313 e. The molecule has 0 unspecified atom stereocenters. The molecule has 0 saturated heterocycles. The van der Waals surface area contributed by atoms with E-state index in [4.69, 9.17) is 4.74 Å². The molecule has 0 fully saturated rings. The van der Waals surface area contributed by atoms with E-state index in [0.717, 1.165) is 0 Å². The number of carbonyl (C=O) groups excluding carboxylic acids is 1. The molecule has 1 rings (SSSR count). The van der Waals surface area contributed by atoms with Gasteiger partial charge in [0, 0.05) is 0 Å². The molecule has 0 saturated carbocycles. The zero-order valence-corrected chi connectivity index (χ0v) is 11.3. The highest BCUT2D eigenvalue weighted by Crippen LogP contribution is 2.10. The minimum atomic E-state index is -0.193. The summed E-state index contributed by atoms with van der Waals surface area (Å²) in [5.41, 5.74) is 0. The molecule has 0 aromatic heterocycles. The molecular weight excluding hydrogens is 200 g/mol. The maximum atomic E-state index is 11.1. The first-order valence-electron chi connectivity index (χ1n) is 5.97. The molecule has 0 amide bonds. The van der Waals surface area contributed by atoms with E-state index in [9.17, 15) is 4.79 Å². The predicted octanol–water partition coefficient (Wildman–Crippen LogP) is 4.30. The number of ether oxygens (including phenoxy) is 1. The van der Waals surface area contributed by atoms with Gasteiger partial charge in [-0.15, -0.1) is 0 Å². The lowest BCUT2D eigenvalue weighted by Gasteiger charge is -2.05. The summed E-state index contributed by atoms with van der Waals surface area (Å²) in [5, 5.41) is 0. The lowest BCUT2D eigenvalue weighted by Crippen LogP contribution is -2.14. The summed E-state index contributed by atoms with van der Waals surface area (Å²) in [6.45, 7) is 11.6. The van der Waals surface area contributed by atoms with Crippen LogP contribution in [-0.2, 0) is 4.79 Å². The van der Waals surface area contributed by atoms with Crippen molar-refractivity contribution in [1.82, 2.24) is 0 Å². The standard InChI is InChI=1S/C10H12O2.2C2H6/c1-8(2)10(11)12-9-6-4-3-5-7-9;2*1-2/h3-8H,1-2H3;2*1-2H3. The van der Waals surface area contributed by atoms with Crippen LogP contribution in [0.25, 0.3) is 0 Å². The molecule has 1 aromatic carbocycles. The van der Waals surface area contributed by atoms with Crippen LogP contribution >= 0.6 is 0 Å². The molecule has 1 aromatic rings. The molecule has 92 valence electrons. The molecule has 0 aliphatic rings. The lowest BCUT2D eigenvalue weighted by molar-refractivity contribution is -0.137. The van der Waals surface area contributed by atoms with Crippen LogP contribution < -0.4 is 4.74 Å². The predicted molar refractivity (Wildman–Crippen MR) is 69.6 cm³/mol. The third-order valence-electron chi connectivity index (χ3n) is 1.43. The minimum absolute atomic E-state index is 0.0785. The van der Waals surface area contributed by atoms with Gasteiger partial charge in [-0.2, -0.15) is 0 Å². The summed E-state index contributed by atoms with van der Waals surface area (Å²) in [6.07, 6.45) is 0. The lowest BCUT2D eigenvalue weighted by atomic mass is 10.2. The maximum absolute atomic E-state index is 11.1. The number of benzene rings is 1. The second-order valence-corrected chi connectivity index (χ2v) is 2.89. The van der Waals surface area contributed by atoms with E-state index in [1.807, 2.05) is 59.7 Å². The molecule has 0 bridgehead atoms. The average molecular weight is 224 g/mol. The summed E-state index contributed by atoms with van der Waals surface area (Å²) in [4.78, 5) is 11.1. The Morgan fingerprint density at radius 2 is 1.44 bits per heavy atom. The van der Waals surface area contributed by atoms with Gasteiger partial charge in [0.15, 0.2) is 0 Å². The fourth-order valence-electron chi connectivity index (χ4n) is 0.723. The van der Waals surface area contributed by atoms with Crippen LogP contribution in [0.2, 0.25) is 0 Å². The molecule has 0 N–H and O–H groups in total. The monoisotopic (exact) mass is 224 g/mol. The highest BCUT2D eigenvalue weighted by molar-refractivity contribution is 5.74. The molecule has 16 heavy (non-hydrogen) atoms. The zero-order chi connectivity index (χ0) is 13.0. The van der Waals surface area contributed by atoms with E-state index in [1.54, 1.807) is 12.1 Å². The quantitative estimate of drug-likeness (QED) is 0.553. The summed E-state index contributed by atoms with van der Waals surface area (Å²) in [6, 6.07) is 9.08. The second kappa shape index (κ2) is 11.8. The number of esters is 1. The van der Waals surface area contributed by atoms with E-state index >= 15 is 0 Å². The Bertz CT molecular complexity index is 253. The normalized spacial score (nSPS) is 8.19. The van der Waals surface area contributed by atoms with Crippen molar-refractivity contribution in [3.05, 3.63) is 30.3 Å². The Morgan fingerprint density at radius 1 is 1.00 bits per heavy atom. The average Bonchev–Trinajstić information content (AvgIpc) is 2.35. The van der Waals surface area contributed by atoms with Gasteiger partial charge in [0.25, 0.3) is 0 Å². The van der Waals surface area contributed by atoms with Crippen LogP contribution in [0.3, 0.4) is 0 Å². The molecule has 2 heteroatoms. The summed E-state index contributed by atoms with van der Waals surface area (Å²) in [7, 11) is 0. The number of hydrogen-bond acceptors (Lipinski definition) is 2. The largest absolute Gasteiger partial charge is 0.426 e. The topological polar surface area (TPSA) is 26.3 Å². The maximum Gasteiger partial charge on any atom is 0.313 e. The fraction of sp³-hybridized carbons (Fsp3) is 0.500. The zero-order valence-electron chi connectivity index (χ0n) is 11.3. The van der Waals surface area contributed by atoms with Crippen LogP contribution in [0.5, 0.6) is 5.75 Å². The van der Waals surface area contributed by atoms with Gasteiger partial charge in [-0.25, -0.2) is 0 Å². The van der Waals surface area contributed by atoms with Gasteiger partial charge in [0.05, 0.1) is 5.92 Å². The summed E-state index contributed by atoms with van der Waals surface area (Å²) >= 11 is 0. The number of hydrogen-bond donors (Lipinski definition) is 0. The van der Waals surface area contributed by atoms with E-state index in [-0.39, 0.29) is 11.9 Å². The van der Waals surface area contributed by atoms with Crippen molar-refractivity contribution >= 4 is 5.97 Å². The van der Waals surface area contributed by atoms with Crippen molar-refractivity contribution in [1.29, 1.82) is 0 Å². The highest BCUT2D eigenvalue weighted by atomic mass is 16.5. The molecule has 0 spiro atoms. The van der Waals surface area contributed by atoms with Gasteiger partial charge in [-0.3, -0.25) is 4.79 Å². The Hall–Kier alpha value is -1.31. The van der Waals surface area contributed by atoms with Crippen LogP contribution in [-0.4, -0.2) is 5.97 Å². The van der Waals surface area contributed by atoms with Crippen molar-refractivity contribution in [2.75, 3.05) is 0 Å². The Morgan fingerprint density at radius 3 is 1.81 bits per heavy atom. The number of rotatable bonds is 2. The fourth-order valence-corrected chi connectivity index (χ4v) is 0.723. The van der Waals surface area contributed by atoms with Crippen LogP contribution in [0.15, 0.2) is 30.3 Å². The van der Waals surface area contributed by atoms with Crippen molar-refractivity contribution in [3.63, 3.8) is 0 Å². The molecule has 0 radical (unpaired) electrons. The van der Waals surface area contributed by atoms with Gasteiger partial charge in [0.2, 0.25) is 0 Å². The van der Waals surface area contributed by atoms with Crippen molar-refractivity contribution < 1.29 is 9.53 Å².